The van der Waals surface area contributed by atoms with Crippen LogP contribution in [0.4, 0.5) is 0 Å². The minimum atomic E-state index is -0.369. The lowest BCUT2D eigenvalue weighted by Crippen LogP contribution is -2.20. The maximum atomic E-state index is 11.4. The largest absolute Gasteiger partial charge is 0.466 e. The van der Waals surface area contributed by atoms with E-state index < -0.39 is 0 Å². The number of esters is 1. The summed E-state index contributed by atoms with van der Waals surface area (Å²) in [5.41, 5.74) is 3.16. The summed E-state index contributed by atoms with van der Waals surface area (Å²) >= 11 is 1.55. The van der Waals surface area contributed by atoms with Gasteiger partial charge in [-0.3, -0.25) is 9.59 Å². The third kappa shape index (κ3) is 5.09. The summed E-state index contributed by atoms with van der Waals surface area (Å²) in [4.78, 5) is 23.4. The number of hydrogen-bond donors (Lipinski definition) is 1. The van der Waals surface area contributed by atoms with E-state index in [1.54, 1.807) is 18.3 Å². The molecule has 0 saturated heterocycles. The maximum absolute atomic E-state index is 11.4. The van der Waals surface area contributed by atoms with Crippen LogP contribution in [0.25, 0.3) is 0 Å². The first kappa shape index (κ1) is 14.4. The highest BCUT2D eigenvalue weighted by molar-refractivity contribution is 7.12. The second-order valence-corrected chi connectivity index (χ2v) is 4.46. The van der Waals surface area contributed by atoms with Crippen molar-refractivity contribution in [3.63, 3.8) is 0 Å². The van der Waals surface area contributed by atoms with Gasteiger partial charge < -0.3 is 4.74 Å². The first-order valence-corrected chi connectivity index (χ1v) is 6.54. The number of carbonyl (C=O) groups is 2. The molecule has 0 radical (unpaired) electrons. The molecule has 0 unspecified atom stereocenters. The van der Waals surface area contributed by atoms with Crippen LogP contribution in [0.15, 0.2) is 22.6 Å². The average Bonchev–Trinajstić information content (AvgIpc) is 2.87. The number of amides is 1. The minimum absolute atomic E-state index is 0.0766. The third-order valence-corrected chi connectivity index (χ3v) is 3.07. The fourth-order valence-electron chi connectivity index (χ4n) is 1.19. The van der Waals surface area contributed by atoms with E-state index in [0.29, 0.717) is 6.61 Å². The SMILES string of the molecule is CCOC(=O)CCC(=O)N/N=C(/C)c1cccs1. The summed E-state index contributed by atoms with van der Waals surface area (Å²) in [7, 11) is 0. The Morgan fingerprint density at radius 1 is 1.44 bits per heavy atom. The molecule has 0 spiro atoms. The van der Waals surface area contributed by atoms with E-state index in [9.17, 15) is 9.59 Å². The molecule has 1 rings (SSSR count). The molecule has 0 atom stereocenters. The Bertz CT molecular complexity index is 427. The number of hydrazone groups is 1. The number of rotatable bonds is 6. The Hall–Kier alpha value is -1.69. The van der Waals surface area contributed by atoms with Crippen LogP contribution in [0, 0.1) is 0 Å². The van der Waals surface area contributed by atoms with Gasteiger partial charge in [-0.15, -0.1) is 11.3 Å². The highest BCUT2D eigenvalue weighted by Gasteiger charge is 2.07. The maximum Gasteiger partial charge on any atom is 0.306 e. The molecule has 0 aliphatic rings. The molecule has 0 bridgehead atoms. The Morgan fingerprint density at radius 2 is 2.22 bits per heavy atom. The summed E-state index contributed by atoms with van der Waals surface area (Å²) in [6.07, 6.45) is 0.160. The van der Waals surface area contributed by atoms with Crippen molar-refractivity contribution in [1.82, 2.24) is 5.43 Å². The Morgan fingerprint density at radius 3 is 2.83 bits per heavy atom. The summed E-state index contributed by atoms with van der Waals surface area (Å²) in [5.74, 6) is -0.662. The van der Waals surface area contributed by atoms with Crippen molar-refractivity contribution in [2.24, 2.45) is 5.10 Å². The molecule has 6 heteroatoms. The van der Waals surface area contributed by atoms with Gasteiger partial charge in [0.1, 0.15) is 0 Å². The normalized spacial score (nSPS) is 11.1. The summed E-state index contributed by atoms with van der Waals surface area (Å²) in [5, 5.41) is 5.91. The average molecular weight is 268 g/mol. The van der Waals surface area contributed by atoms with Crippen molar-refractivity contribution in [1.29, 1.82) is 0 Å². The lowest BCUT2D eigenvalue weighted by molar-refractivity contribution is -0.144. The number of nitrogens with zero attached hydrogens (tertiary/aromatic N) is 1. The lowest BCUT2D eigenvalue weighted by atomic mass is 10.3. The van der Waals surface area contributed by atoms with E-state index in [0.717, 1.165) is 10.6 Å². The van der Waals surface area contributed by atoms with Gasteiger partial charge in [-0.2, -0.15) is 5.10 Å². The van der Waals surface area contributed by atoms with Crippen molar-refractivity contribution in [3.8, 4) is 0 Å². The zero-order valence-corrected chi connectivity index (χ0v) is 11.3. The van der Waals surface area contributed by atoms with E-state index in [-0.39, 0.29) is 24.7 Å². The van der Waals surface area contributed by atoms with Crippen molar-refractivity contribution in [2.45, 2.75) is 26.7 Å². The fraction of sp³-hybridized carbons (Fsp3) is 0.417. The second kappa shape index (κ2) is 7.60. The van der Waals surface area contributed by atoms with Crippen LogP contribution in [-0.2, 0) is 14.3 Å². The van der Waals surface area contributed by atoms with Crippen LogP contribution in [0.5, 0.6) is 0 Å². The van der Waals surface area contributed by atoms with Crippen molar-refractivity contribution < 1.29 is 14.3 Å². The highest BCUT2D eigenvalue weighted by Crippen LogP contribution is 2.09. The van der Waals surface area contributed by atoms with Gasteiger partial charge in [-0.25, -0.2) is 5.43 Å². The van der Waals surface area contributed by atoms with E-state index >= 15 is 0 Å². The Kier molecular flexibility index (Phi) is 6.07. The number of thiophene rings is 1. The predicted molar refractivity (Wildman–Crippen MR) is 70.5 cm³/mol. The molecule has 1 N–H and O–H groups in total. The van der Waals surface area contributed by atoms with E-state index in [1.165, 1.54) is 0 Å². The molecule has 0 aliphatic carbocycles. The van der Waals surface area contributed by atoms with Gasteiger partial charge >= 0.3 is 5.97 Å². The molecule has 0 fully saturated rings. The molecule has 1 aromatic heterocycles. The van der Waals surface area contributed by atoms with Crippen LogP contribution < -0.4 is 5.43 Å². The topological polar surface area (TPSA) is 67.8 Å². The fourth-order valence-corrected chi connectivity index (χ4v) is 1.87. The van der Waals surface area contributed by atoms with Crippen LogP contribution in [-0.4, -0.2) is 24.2 Å². The molecule has 0 saturated carbocycles. The molecule has 0 aromatic carbocycles. The molecule has 1 aromatic rings. The number of carbonyl (C=O) groups excluding carboxylic acids is 2. The van der Waals surface area contributed by atoms with Gasteiger partial charge in [0.25, 0.3) is 0 Å². The summed E-state index contributed by atoms with van der Waals surface area (Å²) in [6.45, 7) is 3.88. The van der Waals surface area contributed by atoms with E-state index in [1.807, 2.05) is 24.4 Å². The molecule has 0 aliphatic heterocycles. The van der Waals surface area contributed by atoms with Gasteiger partial charge in [0.05, 0.1) is 18.7 Å². The molecule has 18 heavy (non-hydrogen) atoms. The predicted octanol–water partition coefficient (Wildman–Crippen LogP) is 1.93. The molecule has 1 amide bonds. The number of nitrogens with one attached hydrogen (secondary N) is 1. The summed E-state index contributed by atoms with van der Waals surface area (Å²) in [6, 6.07) is 3.84. The van der Waals surface area contributed by atoms with Gasteiger partial charge in [-0.05, 0) is 25.3 Å². The molecular formula is C12H16N2O3S. The second-order valence-electron chi connectivity index (χ2n) is 3.51. The van der Waals surface area contributed by atoms with Gasteiger partial charge in [0, 0.05) is 11.3 Å². The quantitative estimate of drug-likeness (QED) is 0.487. The number of hydrogen-bond acceptors (Lipinski definition) is 5. The van der Waals surface area contributed by atoms with Crippen molar-refractivity contribution >= 4 is 28.9 Å². The zero-order valence-electron chi connectivity index (χ0n) is 10.4. The minimum Gasteiger partial charge on any atom is -0.466 e. The molecule has 98 valence electrons. The highest BCUT2D eigenvalue weighted by atomic mass is 32.1. The Balaban J connectivity index is 2.33. The first-order chi connectivity index (χ1) is 8.63. The van der Waals surface area contributed by atoms with Gasteiger partial charge in [0.15, 0.2) is 0 Å². The third-order valence-electron chi connectivity index (χ3n) is 2.09. The van der Waals surface area contributed by atoms with Crippen LogP contribution in [0.2, 0.25) is 0 Å². The lowest BCUT2D eigenvalue weighted by Gasteiger charge is -2.02. The van der Waals surface area contributed by atoms with Gasteiger partial charge in [-0.1, -0.05) is 6.07 Å². The van der Waals surface area contributed by atoms with E-state index in [2.05, 4.69) is 10.5 Å². The van der Waals surface area contributed by atoms with Crippen LogP contribution >= 0.6 is 11.3 Å². The van der Waals surface area contributed by atoms with Crippen LogP contribution in [0.1, 0.15) is 31.6 Å². The van der Waals surface area contributed by atoms with Crippen molar-refractivity contribution in [3.05, 3.63) is 22.4 Å². The molecular weight excluding hydrogens is 252 g/mol. The smallest absolute Gasteiger partial charge is 0.306 e. The van der Waals surface area contributed by atoms with E-state index in [4.69, 9.17) is 4.74 Å². The zero-order chi connectivity index (χ0) is 13.4. The molecule has 5 nitrogen and oxygen atoms in total. The van der Waals surface area contributed by atoms with Crippen LogP contribution in [0.3, 0.4) is 0 Å². The summed E-state index contributed by atoms with van der Waals surface area (Å²) < 4.78 is 4.72. The standard InChI is InChI=1S/C12H16N2O3S/c1-3-17-12(16)7-6-11(15)14-13-9(2)10-5-4-8-18-10/h4-5,8H,3,6-7H2,1-2H3,(H,14,15)/b13-9-. The monoisotopic (exact) mass is 268 g/mol. The van der Waals surface area contributed by atoms with Crippen molar-refractivity contribution in [2.75, 3.05) is 6.61 Å². The Labute approximate surface area is 110 Å². The van der Waals surface area contributed by atoms with Gasteiger partial charge in [0.2, 0.25) is 5.91 Å². The first-order valence-electron chi connectivity index (χ1n) is 5.66. The molecule has 1 heterocycles. The number of ether oxygens (including phenoxy) is 1.